The lowest BCUT2D eigenvalue weighted by molar-refractivity contribution is -0.159. The molecule has 1 aliphatic heterocycles. The van der Waals surface area contributed by atoms with Crippen LogP contribution in [0.2, 0.25) is 0 Å². The Morgan fingerprint density at radius 3 is 2.50 bits per heavy atom. The summed E-state index contributed by atoms with van der Waals surface area (Å²) in [6.45, 7) is 5.75. The minimum Gasteiger partial charge on any atom is -0.458 e. The van der Waals surface area contributed by atoms with Gasteiger partial charge in [0, 0.05) is 12.3 Å². The lowest BCUT2D eigenvalue weighted by Crippen LogP contribution is -2.40. The molecule has 1 rings (SSSR count). The van der Waals surface area contributed by atoms with E-state index >= 15 is 0 Å². The molecule has 0 saturated heterocycles. The van der Waals surface area contributed by atoms with Gasteiger partial charge in [0.2, 0.25) is 0 Å². The van der Waals surface area contributed by atoms with Crippen LogP contribution in [0.3, 0.4) is 0 Å². The highest BCUT2D eigenvalue weighted by Gasteiger charge is 2.39. The molecule has 2 unspecified atom stereocenters. The van der Waals surface area contributed by atoms with E-state index in [2.05, 4.69) is 4.99 Å². The van der Waals surface area contributed by atoms with Gasteiger partial charge in [-0.1, -0.05) is 12.8 Å². The van der Waals surface area contributed by atoms with Crippen LogP contribution in [0, 0.1) is 0 Å². The fraction of sp³-hybridized carbons (Fsp3) is 0.765. The average Bonchev–Trinajstić information content (AvgIpc) is 2.86. The van der Waals surface area contributed by atoms with Gasteiger partial charge in [0.1, 0.15) is 5.60 Å². The van der Waals surface area contributed by atoms with Crippen LogP contribution in [0.4, 0.5) is 0 Å². The molecule has 1 N–H and O–H groups in total. The van der Waals surface area contributed by atoms with Crippen molar-refractivity contribution in [3.05, 3.63) is 12.2 Å². The van der Waals surface area contributed by atoms with Crippen LogP contribution in [-0.2, 0) is 9.53 Å². The fourth-order valence-corrected chi connectivity index (χ4v) is 2.45. The minimum atomic E-state index is -0.861. The van der Waals surface area contributed by atoms with Crippen LogP contribution in [0.5, 0.6) is 0 Å². The summed E-state index contributed by atoms with van der Waals surface area (Å²) in [6.07, 6.45) is 8.65. The van der Waals surface area contributed by atoms with E-state index in [4.69, 9.17) is 4.74 Å². The van der Waals surface area contributed by atoms with Crippen molar-refractivity contribution < 1.29 is 14.6 Å². The van der Waals surface area contributed by atoms with Crippen molar-refractivity contribution in [1.82, 2.24) is 4.90 Å². The first-order valence-electron chi connectivity index (χ1n) is 7.94. The van der Waals surface area contributed by atoms with Crippen molar-refractivity contribution in [2.75, 3.05) is 20.7 Å². The smallest absolute Gasteiger partial charge is 0.338 e. The van der Waals surface area contributed by atoms with Crippen molar-refractivity contribution in [2.24, 2.45) is 4.99 Å². The maximum atomic E-state index is 12.4. The average molecular weight is 310 g/mol. The molecule has 0 fully saturated rings. The SMILES string of the molecule is CN(C)C(CO)CCCCC1(C(=O)OC(C)(C)C)C=CC=N1. The first kappa shape index (κ1) is 18.8. The summed E-state index contributed by atoms with van der Waals surface area (Å²) in [5.41, 5.74) is -1.37. The number of esters is 1. The van der Waals surface area contributed by atoms with Gasteiger partial charge in [0.15, 0.2) is 5.54 Å². The number of nitrogens with zero attached hydrogens (tertiary/aromatic N) is 2. The molecule has 0 spiro atoms. The summed E-state index contributed by atoms with van der Waals surface area (Å²) >= 11 is 0. The summed E-state index contributed by atoms with van der Waals surface area (Å²) in [6, 6.07) is 0.167. The van der Waals surface area contributed by atoms with Gasteiger partial charge >= 0.3 is 5.97 Å². The summed E-state index contributed by atoms with van der Waals surface area (Å²) in [4.78, 5) is 18.8. The summed E-state index contributed by atoms with van der Waals surface area (Å²) < 4.78 is 5.51. The largest absolute Gasteiger partial charge is 0.458 e. The van der Waals surface area contributed by atoms with Gasteiger partial charge in [-0.05, 0) is 59.9 Å². The Morgan fingerprint density at radius 1 is 1.36 bits per heavy atom. The van der Waals surface area contributed by atoms with Crippen molar-refractivity contribution in [3.8, 4) is 0 Å². The molecule has 1 heterocycles. The molecule has 0 bridgehead atoms. The Morgan fingerprint density at radius 2 is 2.05 bits per heavy atom. The van der Waals surface area contributed by atoms with Crippen molar-refractivity contribution in [2.45, 2.75) is 63.6 Å². The molecule has 22 heavy (non-hydrogen) atoms. The van der Waals surface area contributed by atoms with Gasteiger partial charge in [-0.3, -0.25) is 4.99 Å². The molecule has 0 radical (unpaired) electrons. The third-order valence-corrected chi connectivity index (χ3v) is 3.80. The number of ether oxygens (including phenoxy) is 1. The lowest BCUT2D eigenvalue weighted by Gasteiger charge is -2.28. The highest BCUT2D eigenvalue weighted by Crippen LogP contribution is 2.28. The third-order valence-electron chi connectivity index (χ3n) is 3.80. The highest BCUT2D eigenvalue weighted by atomic mass is 16.6. The Bertz CT molecular complexity index is 410. The molecule has 0 amide bonds. The van der Waals surface area contributed by atoms with Gasteiger partial charge < -0.3 is 14.7 Å². The van der Waals surface area contributed by atoms with E-state index in [1.54, 1.807) is 12.3 Å². The Labute approximate surface area is 134 Å². The van der Waals surface area contributed by atoms with Gasteiger partial charge in [-0.15, -0.1) is 0 Å². The van der Waals surface area contributed by atoms with E-state index in [1.165, 1.54) is 0 Å². The molecule has 126 valence electrons. The Hall–Kier alpha value is -1.20. The van der Waals surface area contributed by atoms with Gasteiger partial charge in [0.25, 0.3) is 0 Å². The van der Waals surface area contributed by atoms with Crippen LogP contribution in [0.1, 0.15) is 46.5 Å². The van der Waals surface area contributed by atoms with Crippen LogP contribution in [0.15, 0.2) is 17.1 Å². The number of rotatable bonds is 8. The number of carbonyl (C=O) groups excluding carboxylic acids is 1. The number of aliphatic hydroxyl groups is 1. The number of likely N-dealkylation sites (N-methyl/N-ethyl adjacent to an activating group) is 1. The van der Waals surface area contributed by atoms with Crippen LogP contribution >= 0.6 is 0 Å². The quantitative estimate of drug-likeness (QED) is 0.551. The zero-order valence-corrected chi connectivity index (χ0v) is 14.5. The predicted octanol–water partition coefficient (Wildman–Crippen LogP) is 2.19. The second kappa shape index (κ2) is 7.88. The highest BCUT2D eigenvalue weighted by molar-refractivity contribution is 5.91. The van der Waals surface area contributed by atoms with Gasteiger partial charge in [-0.2, -0.15) is 0 Å². The molecule has 5 heteroatoms. The topological polar surface area (TPSA) is 62.1 Å². The number of hydrogen-bond acceptors (Lipinski definition) is 5. The van der Waals surface area contributed by atoms with Crippen molar-refractivity contribution in [3.63, 3.8) is 0 Å². The lowest BCUT2D eigenvalue weighted by atomic mass is 9.92. The fourth-order valence-electron chi connectivity index (χ4n) is 2.45. The van der Waals surface area contributed by atoms with Crippen molar-refractivity contribution in [1.29, 1.82) is 0 Å². The molecule has 0 aromatic heterocycles. The summed E-state index contributed by atoms with van der Waals surface area (Å²) in [5, 5.41) is 9.32. The van der Waals surface area contributed by atoms with Crippen molar-refractivity contribution >= 4 is 12.2 Å². The number of unbranched alkanes of at least 4 members (excludes halogenated alkanes) is 1. The van der Waals surface area contributed by atoms with E-state index in [0.29, 0.717) is 6.42 Å². The number of aliphatic imine (C=N–C) groups is 1. The molecule has 0 saturated carbocycles. The number of allylic oxidation sites excluding steroid dienone is 1. The number of hydrogen-bond donors (Lipinski definition) is 1. The van der Waals surface area contributed by atoms with Gasteiger partial charge in [-0.25, -0.2) is 4.79 Å². The maximum absolute atomic E-state index is 12.4. The van der Waals surface area contributed by atoms with Crippen LogP contribution < -0.4 is 0 Å². The van der Waals surface area contributed by atoms with E-state index in [-0.39, 0.29) is 18.6 Å². The maximum Gasteiger partial charge on any atom is 0.338 e. The molecule has 2 atom stereocenters. The van der Waals surface area contributed by atoms with E-state index in [0.717, 1.165) is 19.3 Å². The predicted molar refractivity (Wildman–Crippen MR) is 89.2 cm³/mol. The molecule has 5 nitrogen and oxygen atoms in total. The molecular weight excluding hydrogens is 280 g/mol. The standard InChI is InChI=1S/C17H30N2O3/c1-16(2,3)22-15(21)17(11-8-12-18-17)10-7-6-9-14(13-20)19(4)5/h8,11-12,14,20H,6-7,9-10,13H2,1-5H3. The zero-order valence-electron chi connectivity index (χ0n) is 14.5. The van der Waals surface area contributed by atoms with Crippen LogP contribution in [0.25, 0.3) is 0 Å². The monoisotopic (exact) mass is 310 g/mol. The molecule has 0 aromatic rings. The first-order valence-corrected chi connectivity index (χ1v) is 7.94. The zero-order chi connectivity index (χ0) is 16.8. The minimum absolute atomic E-state index is 0.155. The normalized spacial score (nSPS) is 22.3. The van der Waals surface area contributed by atoms with E-state index in [1.807, 2.05) is 45.8 Å². The Balaban J connectivity index is 2.54. The van der Waals surface area contributed by atoms with Gasteiger partial charge in [0.05, 0.1) is 6.61 Å². The molecule has 0 aromatic carbocycles. The van der Waals surface area contributed by atoms with E-state index < -0.39 is 11.1 Å². The molecule has 1 aliphatic rings. The second-order valence-electron chi connectivity index (χ2n) is 7.11. The second-order valence-corrected chi connectivity index (χ2v) is 7.11. The summed E-state index contributed by atoms with van der Waals surface area (Å²) in [5.74, 6) is -0.281. The molecular formula is C17H30N2O3. The first-order chi connectivity index (χ1) is 10.2. The Kier molecular flexibility index (Phi) is 6.75. The third kappa shape index (κ3) is 5.54. The molecule has 0 aliphatic carbocycles. The number of carbonyl (C=O) groups is 1. The summed E-state index contributed by atoms with van der Waals surface area (Å²) in [7, 11) is 3.93. The van der Waals surface area contributed by atoms with E-state index in [9.17, 15) is 9.90 Å². The number of aliphatic hydroxyl groups excluding tert-OH is 1. The van der Waals surface area contributed by atoms with Crippen LogP contribution in [-0.4, -0.2) is 60.1 Å².